The van der Waals surface area contributed by atoms with Crippen LogP contribution in [0.5, 0.6) is 0 Å². The number of ether oxygens (including phenoxy) is 2. The normalized spacial score (nSPS) is 25.9. The molecule has 1 fully saturated rings. The molecule has 3 atom stereocenters. The number of carbonyl (C=O) groups excluding carboxylic acids is 2. The van der Waals surface area contributed by atoms with Gasteiger partial charge in [0, 0.05) is 23.0 Å². The lowest BCUT2D eigenvalue weighted by Crippen LogP contribution is -2.34. The van der Waals surface area contributed by atoms with Gasteiger partial charge >= 0.3 is 11.9 Å². The first kappa shape index (κ1) is 22.6. The Kier molecular flexibility index (Phi) is 7.79. The van der Waals surface area contributed by atoms with E-state index in [1.54, 1.807) is 12.5 Å². The molecular weight excluding hydrogens is 380 g/mol. The Hall–Kier alpha value is -2.04. The zero-order valence-corrected chi connectivity index (χ0v) is 18.7. The molecule has 0 spiro atoms. The number of cyclic esters (lactones) is 1. The van der Waals surface area contributed by atoms with Gasteiger partial charge in [0.05, 0.1) is 12.5 Å². The molecule has 2 aliphatic rings. The van der Waals surface area contributed by atoms with Crippen LogP contribution >= 0.6 is 0 Å². The molecule has 0 N–H and O–H groups in total. The summed E-state index contributed by atoms with van der Waals surface area (Å²) in [7, 11) is 0. The Labute approximate surface area is 180 Å². The summed E-state index contributed by atoms with van der Waals surface area (Å²) < 4.78 is 16.7. The fourth-order valence-corrected chi connectivity index (χ4v) is 4.96. The van der Waals surface area contributed by atoms with Gasteiger partial charge < -0.3 is 13.9 Å². The van der Waals surface area contributed by atoms with E-state index >= 15 is 0 Å². The highest BCUT2D eigenvalue weighted by Gasteiger charge is 2.54. The van der Waals surface area contributed by atoms with E-state index in [2.05, 4.69) is 13.8 Å². The molecule has 1 saturated heterocycles. The number of fused-ring (bicyclic) bond motifs is 1. The zero-order chi connectivity index (χ0) is 21.6. The van der Waals surface area contributed by atoms with Gasteiger partial charge in [0.2, 0.25) is 0 Å². The summed E-state index contributed by atoms with van der Waals surface area (Å²) in [5, 5.41) is 0. The minimum absolute atomic E-state index is 0.160. The summed E-state index contributed by atoms with van der Waals surface area (Å²) in [6.07, 6.45) is 14.0. The molecule has 1 aromatic rings. The summed E-state index contributed by atoms with van der Waals surface area (Å²) >= 11 is 0. The molecule has 1 aliphatic carbocycles. The van der Waals surface area contributed by atoms with E-state index < -0.39 is 5.41 Å². The van der Waals surface area contributed by atoms with Gasteiger partial charge in [0.15, 0.2) is 0 Å². The van der Waals surface area contributed by atoms with E-state index in [1.807, 2.05) is 13.0 Å². The van der Waals surface area contributed by atoms with Gasteiger partial charge in [-0.15, -0.1) is 0 Å². The molecule has 166 valence electrons. The van der Waals surface area contributed by atoms with Crippen LogP contribution in [0.25, 0.3) is 0 Å². The van der Waals surface area contributed by atoms with Crippen molar-refractivity contribution in [2.75, 3.05) is 0 Å². The van der Waals surface area contributed by atoms with Crippen molar-refractivity contribution in [1.82, 2.24) is 0 Å². The first-order chi connectivity index (χ1) is 14.5. The van der Waals surface area contributed by atoms with Crippen LogP contribution in [-0.2, 0) is 19.1 Å². The maximum Gasteiger partial charge on any atom is 0.335 e. The number of hydrogen-bond acceptors (Lipinski definition) is 5. The highest BCUT2D eigenvalue weighted by Crippen LogP contribution is 2.56. The quantitative estimate of drug-likeness (QED) is 0.307. The van der Waals surface area contributed by atoms with E-state index in [-0.39, 0.29) is 24.1 Å². The first-order valence-corrected chi connectivity index (χ1v) is 11.6. The van der Waals surface area contributed by atoms with Crippen LogP contribution in [0.3, 0.4) is 0 Å². The molecule has 30 heavy (non-hydrogen) atoms. The topological polar surface area (TPSA) is 65.7 Å². The maximum absolute atomic E-state index is 12.6. The smallest absolute Gasteiger partial charge is 0.335 e. The molecule has 2 heterocycles. The van der Waals surface area contributed by atoms with Gasteiger partial charge in [0.25, 0.3) is 0 Å². The van der Waals surface area contributed by atoms with E-state index in [0.29, 0.717) is 18.4 Å². The van der Waals surface area contributed by atoms with Crippen LogP contribution in [0.2, 0.25) is 0 Å². The fraction of sp³-hybridized carbons (Fsp3) is 0.680. The van der Waals surface area contributed by atoms with Gasteiger partial charge in [-0.3, -0.25) is 4.79 Å². The van der Waals surface area contributed by atoms with Crippen molar-refractivity contribution in [2.45, 2.75) is 104 Å². The standard InChI is InChI=1S/C25H36O5/c1-4-5-6-7-8-9-10-11-12-21(26)29-20-13-15-25(3)22(18(20)2)24(27)30-23(25)19-14-16-28-17-19/h14,16-17,20,23H,4-13,15H2,1-3H3/t20-,23+,25-/m1/s1. The lowest BCUT2D eigenvalue weighted by atomic mass is 9.67. The fourth-order valence-electron chi connectivity index (χ4n) is 4.96. The number of carbonyl (C=O) groups is 2. The molecule has 5 nitrogen and oxygen atoms in total. The highest BCUT2D eigenvalue weighted by atomic mass is 16.6. The van der Waals surface area contributed by atoms with Crippen LogP contribution in [0, 0.1) is 5.41 Å². The number of furan rings is 1. The summed E-state index contributed by atoms with van der Waals surface area (Å²) in [6, 6.07) is 1.84. The lowest BCUT2D eigenvalue weighted by molar-refractivity contribution is -0.148. The Morgan fingerprint density at radius 3 is 2.53 bits per heavy atom. The van der Waals surface area contributed by atoms with Crippen molar-refractivity contribution < 1.29 is 23.5 Å². The van der Waals surface area contributed by atoms with E-state index in [9.17, 15) is 9.59 Å². The summed E-state index contributed by atoms with van der Waals surface area (Å²) in [5.74, 6) is -0.461. The second-order valence-electron chi connectivity index (χ2n) is 9.06. The van der Waals surface area contributed by atoms with Crippen molar-refractivity contribution in [3.63, 3.8) is 0 Å². The minimum atomic E-state index is -0.411. The molecule has 0 amide bonds. The molecule has 0 radical (unpaired) electrons. The van der Waals surface area contributed by atoms with Crippen molar-refractivity contribution in [2.24, 2.45) is 5.41 Å². The van der Waals surface area contributed by atoms with Gasteiger partial charge in [0.1, 0.15) is 12.2 Å². The van der Waals surface area contributed by atoms with Crippen molar-refractivity contribution in [1.29, 1.82) is 0 Å². The average Bonchev–Trinajstić information content (AvgIpc) is 3.33. The summed E-state index contributed by atoms with van der Waals surface area (Å²) in [4.78, 5) is 25.0. The van der Waals surface area contributed by atoms with Crippen LogP contribution in [0.15, 0.2) is 34.2 Å². The monoisotopic (exact) mass is 416 g/mol. The third-order valence-electron chi connectivity index (χ3n) is 6.74. The van der Waals surface area contributed by atoms with Crippen LogP contribution in [-0.4, -0.2) is 18.0 Å². The summed E-state index contributed by atoms with van der Waals surface area (Å²) in [6.45, 7) is 6.19. The number of rotatable bonds is 11. The van der Waals surface area contributed by atoms with Gasteiger partial charge in [-0.1, -0.05) is 58.8 Å². The van der Waals surface area contributed by atoms with Crippen molar-refractivity contribution in [3.8, 4) is 0 Å². The predicted octanol–water partition coefficient (Wildman–Crippen LogP) is 6.44. The molecule has 0 bridgehead atoms. The average molecular weight is 417 g/mol. The second kappa shape index (κ2) is 10.3. The Balaban J connectivity index is 1.50. The first-order valence-electron chi connectivity index (χ1n) is 11.6. The molecule has 0 saturated carbocycles. The third-order valence-corrected chi connectivity index (χ3v) is 6.74. The van der Waals surface area contributed by atoms with Crippen LogP contribution in [0.1, 0.15) is 103 Å². The van der Waals surface area contributed by atoms with Crippen molar-refractivity contribution >= 4 is 11.9 Å². The molecule has 1 aliphatic heterocycles. The molecule has 0 aromatic carbocycles. The third kappa shape index (κ3) is 4.98. The molecule has 1 aromatic heterocycles. The number of unbranched alkanes of at least 4 members (excludes halogenated alkanes) is 7. The SMILES string of the molecule is CCCCCCCCCCC(=O)O[C@@H]1CC[C@]2(C)C(=C1C)C(=O)O[C@H]2c1ccoc1. The Morgan fingerprint density at radius 2 is 1.87 bits per heavy atom. The Bertz CT molecular complexity index is 748. The molecule has 0 unspecified atom stereocenters. The Morgan fingerprint density at radius 1 is 1.17 bits per heavy atom. The minimum Gasteiger partial charge on any atom is -0.472 e. The van der Waals surface area contributed by atoms with Crippen LogP contribution < -0.4 is 0 Å². The molecule has 5 heteroatoms. The van der Waals surface area contributed by atoms with E-state index in [1.165, 1.54) is 38.5 Å². The van der Waals surface area contributed by atoms with E-state index in [0.717, 1.165) is 30.4 Å². The van der Waals surface area contributed by atoms with Gasteiger partial charge in [-0.05, 0) is 37.8 Å². The predicted molar refractivity (Wildman–Crippen MR) is 115 cm³/mol. The molecule has 3 rings (SSSR count). The van der Waals surface area contributed by atoms with E-state index in [4.69, 9.17) is 13.9 Å². The van der Waals surface area contributed by atoms with Gasteiger partial charge in [-0.25, -0.2) is 4.79 Å². The number of hydrogen-bond donors (Lipinski definition) is 0. The highest BCUT2D eigenvalue weighted by molar-refractivity contribution is 5.94. The van der Waals surface area contributed by atoms with Crippen molar-refractivity contribution in [3.05, 3.63) is 35.3 Å². The second-order valence-corrected chi connectivity index (χ2v) is 9.06. The maximum atomic E-state index is 12.6. The molecular formula is C25H36O5. The van der Waals surface area contributed by atoms with Crippen LogP contribution in [0.4, 0.5) is 0 Å². The largest absolute Gasteiger partial charge is 0.472 e. The number of esters is 2. The lowest BCUT2D eigenvalue weighted by Gasteiger charge is -2.36. The zero-order valence-electron chi connectivity index (χ0n) is 18.7. The summed E-state index contributed by atoms with van der Waals surface area (Å²) in [5.41, 5.74) is 1.97. The van der Waals surface area contributed by atoms with Gasteiger partial charge in [-0.2, -0.15) is 0 Å².